The topological polar surface area (TPSA) is 98.3 Å². The van der Waals surface area contributed by atoms with Crippen LogP contribution in [0.25, 0.3) is 11.0 Å². The fourth-order valence-corrected chi connectivity index (χ4v) is 3.07. The van der Waals surface area contributed by atoms with Gasteiger partial charge in [0.25, 0.3) is 5.95 Å². The zero-order chi connectivity index (χ0) is 18.0. The standard InChI is InChI=1S/C18H19NO6/c1-3-23-16(20)11-9-19-15(14(11)17(21)24-4-2)13-10-7-5-6-8-12(10)25-18(13)22/h5-8,11,14,22H,3-4,9H2,1-2H3/t11-,14+/m0/s1. The predicted molar refractivity (Wildman–Crippen MR) is 89.5 cm³/mol. The number of fused-ring (bicyclic) bond motifs is 1. The number of carbonyl (C=O) groups excluding carboxylic acids is 2. The van der Waals surface area contributed by atoms with Gasteiger partial charge < -0.3 is 19.0 Å². The van der Waals surface area contributed by atoms with Gasteiger partial charge in [0.2, 0.25) is 0 Å². The van der Waals surface area contributed by atoms with Crippen LogP contribution in [0.2, 0.25) is 0 Å². The number of benzene rings is 1. The SMILES string of the molecule is CCOC(=O)[C@H]1C(c2c(O)oc3ccccc23)=NC[C@@H]1C(=O)OCC. The summed E-state index contributed by atoms with van der Waals surface area (Å²) in [6.45, 7) is 3.87. The molecule has 1 aliphatic rings. The molecule has 2 heterocycles. The molecule has 1 aliphatic heterocycles. The highest BCUT2D eigenvalue weighted by atomic mass is 16.5. The van der Waals surface area contributed by atoms with Crippen LogP contribution in [0, 0.1) is 11.8 Å². The van der Waals surface area contributed by atoms with Crippen LogP contribution < -0.4 is 0 Å². The highest BCUT2D eigenvalue weighted by Gasteiger charge is 2.45. The minimum Gasteiger partial charge on any atom is -0.480 e. The molecule has 0 amide bonds. The van der Waals surface area contributed by atoms with Crippen LogP contribution in [0.5, 0.6) is 5.95 Å². The summed E-state index contributed by atoms with van der Waals surface area (Å²) < 4.78 is 15.5. The number of furan rings is 1. The fourth-order valence-electron chi connectivity index (χ4n) is 3.07. The lowest BCUT2D eigenvalue weighted by Crippen LogP contribution is -2.35. The van der Waals surface area contributed by atoms with Crippen LogP contribution in [0.4, 0.5) is 0 Å². The summed E-state index contributed by atoms with van der Waals surface area (Å²) in [6.07, 6.45) is 0. The molecule has 0 radical (unpaired) electrons. The lowest BCUT2D eigenvalue weighted by molar-refractivity contribution is -0.156. The van der Waals surface area contributed by atoms with Crippen molar-refractivity contribution in [1.29, 1.82) is 0 Å². The third-order valence-corrected chi connectivity index (χ3v) is 4.12. The number of aromatic hydroxyl groups is 1. The van der Waals surface area contributed by atoms with Gasteiger partial charge in [0.1, 0.15) is 11.5 Å². The van der Waals surface area contributed by atoms with E-state index in [0.717, 1.165) is 0 Å². The second-order valence-electron chi connectivity index (χ2n) is 5.59. The number of rotatable bonds is 5. The molecule has 7 nitrogen and oxygen atoms in total. The molecular formula is C18H19NO6. The predicted octanol–water partition coefficient (Wildman–Crippen LogP) is 2.30. The molecule has 2 aromatic rings. The van der Waals surface area contributed by atoms with Crippen LogP contribution in [0.1, 0.15) is 19.4 Å². The van der Waals surface area contributed by atoms with E-state index < -0.39 is 23.8 Å². The van der Waals surface area contributed by atoms with Crippen LogP contribution in [0.15, 0.2) is 33.7 Å². The van der Waals surface area contributed by atoms with E-state index in [-0.39, 0.29) is 25.7 Å². The Kier molecular flexibility index (Phi) is 4.74. The van der Waals surface area contributed by atoms with E-state index in [4.69, 9.17) is 13.9 Å². The van der Waals surface area contributed by atoms with Crippen molar-refractivity contribution in [3.05, 3.63) is 29.8 Å². The van der Waals surface area contributed by atoms with Crippen LogP contribution in [0.3, 0.4) is 0 Å². The van der Waals surface area contributed by atoms with E-state index in [2.05, 4.69) is 4.99 Å². The summed E-state index contributed by atoms with van der Waals surface area (Å²) >= 11 is 0. The maximum Gasteiger partial charge on any atom is 0.315 e. The van der Waals surface area contributed by atoms with E-state index in [1.165, 1.54) is 0 Å². The molecule has 0 saturated carbocycles. The van der Waals surface area contributed by atoms with Crippen molar-refractivity contribution in [2.45, 2.75) is 13.8 Å². The molecule has 0 spiro atoms. The van der Waals surface area contributed by atoms with E-state index in [0.29, 0.717) is 22.2 Å². The van der Waals surface area contributed by atoms with Gasteiger partial charge in [0, 0.05) is 5.39 Å². The quantitative estimate of drug-likeness (QED) is 0.835. The number of hydrogen-bond donors (Lipinski definition) is 1. The Labute approximate surface area is 144 Å². The van der Waals surface area contributed by atoms with Gasteiger partial charge in [-0.05, 0) is 19.9 Å². The summed E-state index contributed by atoms with van der Waals surface area (Å²) in [4.78, 5) is 29.1. The van der Waals surface area contributed by atoms with Crippen LogP contribution in [-0.4, -0.2) is 42.5 Å². The minimum atomic E-state index is -0.939. The zero-order valence-corrected chi connectivity index (χ0v) is 14.0. The largest absolute Gasteiger partial charge is 0.480 e. The maximum atomic E-state index is 12.5. The lowest BCUT2D eigenvalue weighted by Gasteiger charge is -2.18. The van der Waals surface area contributed by atoms with E-state index >= 15 is 0 Å². The Balaban J connectivity index is 2.05. The Bertz CT molecular complexity index is 837. The van der Waals surface area contributed by atoms with Gasteiger partial charge in [-0.1, -0.05) is 18.2 Å². The first kappa shape index (κ1) is 17.0. The molecule has 1 aromatic carbocycles. The van der Waals surface area contributed by atoms with Crippen molar-refractivity contribution in [3.8, 4) is 5.95 Å². The average molecular weight is 345 g/mol. The van der Waals surface area contributed by atoms with Crippen molar-refractivity contribution in [2.75, 3.05) is 19.8 Å². The maximum absolute atomic E-state index is 12.5. The molecule has 132 valence electrons. The van der Waals surface area contributed by atoms with E-state index in [1.807, 2.05) is 0 Å². The molecule has 0 bridgehead atoms. The second kappa shape index (κ2) is 6.96. The Morgan fingerprint density at radius 3 is 2.60 bits per heavy atom. The normalized spacial score (nSPS) is 19.7. The lowest BCUT2D eigenvalue weighted by atomic mass is 9.87. The molecule has 1 aromatic heterocycles. The van der Waals surface area contributed by atoms with E-state index in [9.17, 15) is 14.7 Å². The molecule has 0 unspecified atom stereocenters. The van der Waals surface area contributed by atoms with Gasteiger partial charge in [-0.15, -0.1) is 0 Å². The van der Waals surface area contributed by atoms with Crippen LogP contribution in [-0.2, 0) is 19.1 Å². The summed E-state index contributed by atoms with van der Waals surface area (Å²) in [5.74, 6) is -3.13. The molecule has 3 rings (SSSR count). The van der Waals surface area contributed by atoms with Crippen molar-refractivity contribution in [2.24, 2.45) is 16.8 Å². The van der Waals surface area contributed by atoms with Crippen LogP contribution >= 0.6 is 0 Å². The third kappa shape index (κ3) is 2.97. The summed E-state index contributed by atoms with van der Waals surface area (Å²) in [7, 11) is 0. The highest BCUT2D eigenvalue weighted by Crippen LogP contribution is 2.37. The first-order chi connectivity index (χ1) is 12.1. The fraction of sp³-hybridized carbons (Fsp3) is 0.389. The van der Waals surface area contributed by atoms with Crippen molar-refractivity contribution >= 4 is 28.6 Å². The van der Waals surface area contributed by atoms with Gasteiger partial charge in [-0.3, -0.25) is 14.6 Å². The van der Waals surface area contributed by atoms with Gasteiger partial charge in [-0.25, -0.2) is 0 Å². The minimum absolute atomic E-state index is 0.0938. The molecule has 0 aliphatic carbocycles. The van der Waals surface area contributed by atoms with E-state index in [1.54, 1.807) is 38.1 Å². The Morgan fingerprint density at radius 2 is 1.88 bits per heavy atom. The second-order valence-corrected chi connectivity index (χ2v) is 5.59. The Hall–Kier alpha value is -2.83. The third-order valence-electron chi connectivity index (χ3n) is 4.12. The number of hydrogen-bond acceptors (Lipinski definition) is 7. The Morgan fingerprint density at radius 1 is 1.20 bits per heavy atom. The molecule has 1 N–H and O–H groups in total. The monoisotopic (exact) mass is 345 g/mol. The first-order valence-corrected chi connectivity index (χ1v) is 8.16. The van der Waals surface area contributed by atoms with Gasteiger partial charge in [-0.2, -0.15) is 0 Å². The number of carbonyl (C=O) groups is 2. The summed E-state index contributed by atoms with van der Waals surface area (Å²) in [5.41, 5.74) is 1.08. The summed E-state index contributed by atoms with van der Waals surface area (Å²) in [6, 6.07) is 7.03. The van der Waals surface area contributed by atoms with Crippen molar-refractivity contribution < 1.29 is 28.6 Å². The van der Waals surface area contributed by atoms with Gasteiger partial charge >= 0.3 is 11.9 Å². The number of nitrogens with zero attached hydrogens (tertiary/aromatic N) is 1. The van der Waals surface area contributed by atoms with Crippen molar-refractivity contribution in [3.63, 3.8) is 0 Å². The van der Waals surface area contributed by atoms with Crippen molar-refractivity contribution in [1.82, 2.24) is 0 Å². The summed E-state index contributed by atoms with van der Waals surface area (Å²) in [5, 5.41) is 10.9. The smallest absolute Gasteiger partial charge is 0.315 e. The number of aliphatic imine (C=N–C) groups is 1. The average Bonchev–Trinajstić information content (AvgIpc) is 3.15. The molecule has 2 atom stereocenters. The zero-order valence-electron chi connectivity index (χ0n) is 14.0. The molecule has 7 heteroatoms. The van der Waals surface area contributed by atoms with Gasteiger partial charge in [0.15, 0.2) is 0 Å². The molecule has 0 fully saturated rings. The van der Waals surface area contributed by atoms with Gasteiger partial charge in [0.05, 0.1) is 37.0 Å². The highest BCUT2D eigenvalue weighted by molar-refractivity contribution is 6.21. The molecule has 25 heavy (non-hydrogen) atoms. The number of esters is 2. The number of para-hydroxylation sites is 1. The molecular weight excluding hydrogens is 326 g/mol. The first-order valence-electron chi connectivity index (χ1n) is 8.16. The number of ether oxygens (including phenoxy) is 2. The molecule has 0 saturated heterocycles.